The quantitative estimate of drug-likeness (QED) is 0.639. The lowest BCUT2D eigenvalue weighted by molar-refractivity contribution is -0.116. The number of carbonyl (C=O) groups excluding carboxylic acids is 1. The molecule has 2 aromatic carbocycles. The topological polar surface area (TPSA) is 93.5 Å². The smallest absolute Gasteiger partial charge is 0.242 e. The Bertz CT molecular complexity index is 1150. The first kappa shape index (κ1) is 20.8. The van der Waals surface area contributed by atoms with Gasteiger partial charge in [0.25, 0.3) is 0 Å². The highest BCUT2D eigenvalue weighted by Crippen LogP contribution is 2.25. The van der Waals surface area contributed by atoms with Gasteiger partial charge in [-0.1, -0.05) is 6.07 Å². The van der Waals surface area contributed by atoms with Crippen molar-refractivity contribution < 1.29 is 17.9 Å². The standard InChI is InChI=1S/C20H24N4O4S/c1-14-5-8-19(28-4)17(11-14)22-20(25)9-10-24-13-21-16-12-15(6-7-18(16)24)29(26,27)23(2)3/h5-8,11-13H,9-10H2,1-4H3,(H,22,25). The molecule has 1 N–H and O–H groups in total. The number of anilines is 1. The molecular weight excluding hydrogens is 392 g/mol. The van der Waals surface area contributed by atoms with Crippen molar-refractivity contribution in [3.63, 3.8) is 0 Å². The number of rotatable bonds is 7. The Morgan fingerprint density at radius 3 is 2.66 bits per heavy atom. The molecule has 0 aliphatic carbocycles. The molecule has 8 nitrogen and oxygen atoms in total. The van der Waals surface area contributed by atoms with Gasteiger partial charge in [0, 0.05) is 27.1 Å². The molecule has 9 heteroatoms. The third kappa shape index (κ3) is 4.41. The summed E-state index contributed by atoms with van der Waals surface area (Å²) in [6.07, 6.45) is 1.84. The van der Waals surface area contributed by atoms with Gasteiger partial charge in [0.05, 0.1) is 35.1 Å². The molecule has 0 aliphatic heterocycles. The van der Waals surface area contributed by atoms with E-state index in [0.717, 1.165) is 15.4 Å². The van der Waals surface area contributed by atoms with Gasteiger partial charge in [0.1, 0.15) is 5.75 Å². The van der Waals surface area contributed by atoms with Gasteiger partial charge in [-0.3, -0.25) is 4.79 Å². The Balaban J connectivity index is 1.73. The van der Waals surface area contributed by atoms with E-state index in [9.17, 15) is 13.2 Å². The summed E-state index contributed by atoms with van der Waals surface area (Å²) in [5.41, 5.74) is 2.98. The van der Waals surface area contributed by atoms with Crippen LogP contribution in [-0.4, -0.2) is 49.4 Å². The lowest BCUT2D eigenvalue weighted by Gasteiger charge is -2.12. The maximum absolute atomic E-state index is 12.4. The Hall–Kier alpha value is -2.91. The van der Waals surface area contributed by atoms with E-state index in [-0.39, 0.29) is 17.2 Å². The molecule has 29 heavy (non-hydrogen) atoms. The lowest BCUT2D eigenvalue weighted by Crippen LogP contribution is -2.22. The van der Waals surface area contributed by atoms with Crippen LogP contribution >= 0.6 is 0 Å². The van der Waals surface area contributed by atoms with E-state index in [2.05, 4.69) is 10.3 Å². The Kier molecular flexibility index (Phi) is 5.90. The second-order valence-corrected chi connectivity index (χ2v) is 9.03. The summed E-state index contributed by atoms with van der Waals surface area (Å²) in [5.74, 6) is 0.453. The van der Waals surface area contributed by atoms with E-state index in [1.54, 1.807) is 31.6 Å². The summed E-state index contributed by atoms with van der Waals surface area (Å²) in [6.45, 7) is 2.35. The maximum atomic E-state index is 12.4. The van der Waals surface area contributed by atoms with Gasteiger partial charge in [-0.2, -0.15) is 0 Å². The summed E-state index contributed by atoms with van der Waals surface area (Å²) >= 11 is 0. The van der Waals surface area contributed by atoms with E-state index < -0.39 is 10.0 Å². The van der Waals surface area contributed by atoms with Crippen molar-refractivity contribution in [1.29, 1.82) is 0 Å². The van der Waals surface area contributed by atoms with Gasteiger partial charge < -0.3 is 14.6 Å². The predicted octanol–water partition coefficient (Wildman–Crippen LogP) is 2.63. The van der Waals surface area contributed by atoms with E-state index >= 15 is 0 Å². The van der Waals surface area contributed by atoms with Gasteiger partial charge in [-0.15, -0.1) is 0 Å². The fraction of sp³-hybridized carbons (Fsp3) is 0.300. The van der Waals surface area contributed by atoms with Crippen LogP contribution in [0.15, 0.2) is 47.6 Å². The molecule has 0 saturated carbocycles. The fourth-order valence-electron chi connectivity index (χ4n) is 2.95. The first-order chi connectivity index (χ1) is 13.7. The monoisotopic (exact) mass is 416 g/mol. The van der Waals surface area contributed by atoms with Crippen LogP contribution in [0.2, 0.25) is 0 Å². The molecule has 154 valence electrons. The number of hydrogen-bond acceptors (Lipinski definition) is 5. The number of ether oxygens (including phenoxy) is 1. The van der Waals surface area contributed by atoms with Crippen LogP contribution in [-0.2, 0) is 21.4 Å². The first-order valence-electron chi connectivity index (χ1n) is 9.04. The molecule has 0 radical (unpaired) electrons. The number of aromatic nitrogens is 2. The molecule has 3 rings (SSSR count). The molecule has 0 unspecified atom stereocenters. The largest absolute Gasteiger partial charge is 0.495 e. The highest BCUT2D eigenvalue weighted by molar-refractivity contribution is 7.89. The third-order valence-corrected chi connectivity index (χ3v) is 6.39. The van der Waals surface area contributed by atoms with Crippen molar-refractivity contribution in [2.24, 2.45) is 0 Å². The average molecular weight is 417 g/mol. The van der Waals surface area contributed by atoms with E-state index in [4.69, 9.17) is 4.74 Å². The van der Waals surface area contributed by atoms with E-state index in [0.29, 0.717) is 23.5 Å². The molecule has 0 fully saturated rings. The SMILES string of the molecule is COc1ccc(C)cc1NC(=O)CCn1cnc2cc(S(=O)(=O)N(C)C)ccc21. The highest BCUT2D eigenvalue weighted by atomic mass is 32.2. The summed E-state index contributed by atoms with van der Waals surface area (Å²) in [4.78, 5) is 16.9. The number of nitrogens with one attached hydrogen (secondary N) is 1. The highest BCUT2D eigenvalue weighted by Gasteiger charge is 2.18. The van der Waals surface area contributed by atoms with E-state index in [1.165, 1.54) is 14.1 Å². The molecule has 1 aromatic heterocycles. The fourth-order valence-corrected chi connectivity index (χ4v) is 3.87. The lowest BCUT2D eigenvalue weighted by atomic mass is 10.2. The minimum absolute atomic E-state index is 0.150. The van der Waals surface area contributed by atoms with Crippen LogP contribution < -0.4 is 10.1 Å². The number of fused-ring (bicyclic) bond motifs is 1. The Morgan fingerprint density at radius 2 is 1.97 bits per heavy atom. The van der Waals surface area contributed by atoms with Crippen LogP contribution in [0.5, 0.6) is 5.75 Å². The maximum Gasteiger partial charge on any atom is 0.242 e. The zero-order valence-corrected chi connectivity index (χ0v) is 17.7. The van der Waals surface area contributed by atoms with E-state index in [1.807, 2.05) is 29.7 Å². The molecule has 0 spiro atoms. The summed E-state index contributed by atoms with van der Waals surface area (Å²) in [7, 11) is 1.01. The second kappa shape index (κ2) is 8.22. The van der Waals surface area contributed by atoms with Crippen LogP contribution in [0.25, 0.3) is 11.0 Å². The van der Waals surface area contributed by atoms with Crippen LogP contribution in [0.4, 0.5) is 5.69 Å². The Labute approximate surface area is 170 Å². The number of nitrogens with zero attached hydrogens (tertiary/aromatic N) is 3. The number of hydrogen-bond donors (Lipinski definition) is 1. The number of amides is 1. The van der Waals surface area contributed by atoms with Gasteiger partial charge in [0.2, 0.25) is 15.9 Å². The van der Waals surface area contributed by atoms with Crippen molar-refractivity contribution in [3.8, 4) is 5.75 Å². The molecule has 1 heterocycles. The number of carbonyl (C=O) groups is 1. The number of sulfonamides is 1. The molecule has 0 aliphatic rings. The summed E-state index contributed by atoms with van der Waals surface area (Å²) in [5, 5.41) is 2.87. The normalized spacial score (nSPS) is 11.8. The van der Waals surface area contributed by atoms with Crippen LogP contribution in [0, 0.1) is 6.92 Å². The minimum Gasteiger partial charge on any atom is -0.495 e. The second-order valence-electron chi connectivity index (χ2n) is 6.88. The number of aryl methyl sites for hydroxylation is 2. The minimum atomic E-state index is -3.52. The van der Waals surface area contributed by atoms with Crippen molar-refractivity contribution in [2.45, 2.75) is 24.8 Å². The molecule has 0 atom stereocenters. The summed E-state index contributed by atoms with van der Waals surface area (Å²) < 4.78 is 32.8. The van der Waals surface area contributed by atoms with Gasteiger partial charge >= 0.3 is 0 Å². The van der Waals surface area contributed by atoms with Crippen molar-refractivity contribution in [1.82, 2.24) is 13.9 Å². The molecule has 3 aromatic rings. The zero-order chi connectivity index (χ0) is 21.2. The van der Waals surface area contributed by atoms with Crippen molar-refractivity contribution in [2.75, 3.05) is 26.5 Å². The van der Waals surface area contributed by atoms with Crippen LogP contribution in [0.3, 0.4) is 0 Å². The van der Waals surface area contributed by atoms with Gasteiger partial charge in [0.15, 0.2) is 0 Å². The average Bonchev–Trinajstić information content (AvgIpc) is 3.08. The van der Waals surface area contributed by atoms with Crippen molar-refractivity contribution in [3.05, 3.63) is 48.3 Å². The van der Waals surface area contributed by atoms with Gasteiger partial charge in [-0.25, -0.2) is 17.7 Å². The van der Waals surface area contributed by atoms with Crippen LogP contribution in [0.1, 0.15) is 12.0 Å². The predicted molar refractivity (Wildman–Crippen MR) is 112 cm³/mol. The van der Waals surface area contributed by atoms with Crippen molar-refractivity contribution >= 4 is 32.7 Å². The first-order valence-corrected chi connectivity index (χ1v) is 10.5. The number of benzene rings is 2. The summed E-state index contributed by atoms with van der Waals surface area (Å²) in [6, 6.07) is 10.4. The molecule has 1 amide bonds. The number of methoxy groups -OCH3 is 1. The number of imidazole rings is 1. The zero-order valence-electron chi connectivity index (χ0n) is 16.8. The van der Waals surface area contributed by atoms with Gasteiger partial charge in [-0.05, 0) is 42.8 Å². The molecule has 0 bridgehead atoms. The Morgan fingerprint density at radius 1 is 1.21 bits per heavy atom. The third-order valence-electron chi connectivity index (χ3n) is 4.58. The molecule has 0 saturated heterocycles. The molecular formula is C20H24N4O4S.